The van der Waals surface area contributed by atoms with Crippen molar-refractivity contribution in [1.29, 1.82) is 0 Å². The van der Waals surface area contributed by atoms with Gasteiger partial charge in [-0.05, 0) is 22.3 Å². The second-order valence-corrected chi connectivity index (χ2v) is 4.28. The van der Waals surface area contributed by atoms with Crippen LogP contribution in [0.2, 0.25) is 0 Å². The Morgan fingerprint density at radius 2 is 0.700 bits per heavy atom. The fourth-order valence-corrected chi connectivity index (χ4v) is 2.22. The smallest absolute Gasteiger partial charge is 0.0105 e. The number of rotatable bonds is 2. The molecule has 0 fully saturated rings. The quantitative estimate of drug-likeness (QED) is 0.508. The highest BCUT2D eigenvalue weighted by atomic mass is 14.1. The van der Waals surface area contributed by atoms with Crippen molar-refractivity contribution in [2.45, 2.75) is 0 Å². The molecule has 0 spiro atoms. The predicted molar refractivity (Wildman–Crippen MR) is 88.6 cm³/mol. The van der Waals surface area contributed by atoms with Gasteiger partial charge in [-0.25, -0.2) is 0 Å². The summed E-state index contributed by atoms with van der Waals surface area (Å²) in [4.78, 5) is 0. The third kappa shape index (κ3) is 3.04. The molecule has 0 aliphatic heterocycles. The van der Waals surface area contributed by atoms with E-state index in [0.717, 1.165) is 0 Å². The van der Waals surface area contributed by atoms with Crippen LogP contribution in [0.25, 0.3) is 22.3 Å². The second kappa shape index (κ2) is 7.10. The van der Waals surface area contributed by atoms with Gasteiger partial charge < -0.3 is 0 Å². The Hall–Kier alpha value is -2.60. The summed E-state index contributed by atoms with van der Waals surface area (Å²) in [7, 11) is 0. The van der Waals surface area contributed by atoms with Gasteiger partial charge in [0.15, 0.2) is 0 Å². The largest absolute Gasteiger partial charge is 0.106 e. The van der Waals surface area contributed by atoms with Crippen LogP contribution >= 0.6 is 0 Å². The molecule has 0 aliphatic rings. The van der Waals surface area contributed by atoms with E-state index < -0.39 is 0 Å². The van der Waals surface area contributed by atoms with Crippen molar-refractivity contribution in [3.05, 3.63) is 98.1 Å². The molecule has 3 aromatic rings. The van der Waals surface area contributed by atoms with Crippen molar-refractivity contribution in [1.82, 2.24) is 0 Å². The first kappa shape index (κ1) is 13.8. The number of hydrogen-bond acceptors (Lipinski definition) is 0. The molecule has 20 heavy (non-hydrogen) atoms. The van der Waals surface area contributed by atoms with Gasteiger partial charge in [-0.2, -0.15) is 0 Å². The van der Waals surface area contributed by atoms with Crippen LogP contribution in [0.15, 0.2) is 98.1 Å². The molecular weight excluding hydrogens is 240 g/mol. The third-order valence-corrected chi connectivity index (χ3v) is 3.10. The van der Waals surface area contributed by atoms with Crippen molar-refractivity contribution >= 4 is 0 Å². The first-order valence-electron chi connectivity index (χ1n) is 6.65. The van der Waals surface area contributed by atoms with Gasteiger partial charge in [0.1, 0.15) is 0 Å². The Labute approximate surface area is 121 Å². The van der Waals surface area contributed by atoms with E-state index in [9.17, 15) is 0 Å². The van der Waals surface area contributed by atoms with Gasteiger partial charge in [-0.1, -0.05) is 84.9 Å². The summed E-state index contributed by atoms with van der Waals surface area (Å²) in [6.45, 7) is 6.00. The Morgan fingerprint density at radius 1 is 0.400 bits per heavy atom. The summed E-state index contributed by atoms with van der Waals surface area (Å²) in [5, 5.41) is 0. The van der Waals surface area contributed by atoms with E-state index in [1.807, 2.05) is 0 Å². The predicted octanol–water partition coefficient (Wildman–Crippen LogP) is 5.82. The molecule has 98 valence electrons. The molecule has 0 aliphatic carbocycles. The summed E-state index contributed by atoms with van der Waals surface area (Å²) in [5.74, 6) is 0. The van der Waals surface area contributed by atoms with Crippen molar-refractivity contribution < 1.29 is 0 Å². The molecule has 3 aromatic carbocycles. The van der Waals surface area contributed by atoms with E-state index in [2.05, 4.69) is 98.1 Å². The molecule has 0 heterocycles. The normalized spacial score (nSPS) is 9.40. The van der Waals surface area contributed by atoms with E-state index in [0.29, 0.717) is 0 Å². The van der Waals surface area contributed by atoms with Crippen LogP contribution in [0.4, 0.5) is 0 Å². The highest BCUT2D eigenvalue weighted by molar-refractivity contribution is 5.83. The fraction of sp³-hybridized carbons (Fsp3) is 0. The minimum atomic E-state index is 1.26. The topological polar surface area (TPSA) is 0 Å². The lowest BCUT2D eigenvalue weighted by Crippen LogP contribution is -1.83. The van der Waals surface area contributed by atoms with Gasteiger partial charge in [-0.15, -0.1) is 13.2 Å². The molecule has 0 atom stereocenters. The van der Waals surface area contributed by atoms with Gasteiger partial charge in [0.05, 0.1) is 0 Å². The average molecular weight is 258 g/mol. The maximum atomic E-state index is 3.00. The standard InChI is InChI=1S/C18H14.C2H4/c1-3-9-15(10-4-1)17-13-7-8-14-18(17)16-11-5-2-6-12-16;1-2/h1-14H;1-2H2. The van der Waals surface area contributed by atoms with E-state index in [-0.39, 0.29) is 0 Å². The molecule has 0 aromatic heterocycles. The molecule has 0 saturated carbocycles. The average Bonchev–Trinajstić information content (AvgIpc) is 2.58. The Morgan fingerprint density at radius 3 is 1.05 bits per heavy atom. The maximum Gasteiger partial charge on any atom is -0.0105 e. The van der Waals surface area contributed by atoms with Crippen LogP contribution < -0.4 is 0 Å². The summed E-state index contributed by atoms with van der Waals surface area (Å²) >= 11 is 0. The minimum Gasteiger partial charge on any atom is -0.106 e. The lowest BCUT2D eigenvalue weighted by Gasteiger charge is -2.09. The van der Waals surface area contributed by atoms with E-state index in [1.54, 1.807) is 0 Å². The maximum absolute atomic E-state index is 3.00. The van der Waals surface area contributed by atoms with Crippen LogP contribution in [0.1, 0.15) is 0 Å². The number of hydrogen-bond donors (Lipinski definition) is 0. The summed E-state index contributed by atoms with van der Waals surface area (Å²) < 4.78 is 0. The molecule has 0 unspecified atom stereocenters. The Kier molecular flexibility index (Phi) is 4.91. The first-order valence-corrected chi connectivity index (χ1v) is 6.65. The molecule has 0 saturated heterocycles. The lowest BCUT2D eigenvalue weighted by molar-refractivity contribution is 1.58. The zero-order valence-corrected chi connectivity index (χ0v) is 11.5. The van der Waals surface area contributed by atoms with Crippen LogP contribution in [-0.2, 0) is 0 Å². The second-order valence-electron chi connectivity index (χ2n) is 4.28. The first-order chi connectivity index (χ1) is 9.95. The molecule has 0 radical (unpaired) electrons. The highest BCUT2D eigenvalue weighted by Crippen LogP contribution is 2.31. The molecule has 0 bridgehead atoms. The van der Waals surface area contributed by atoms with Gasteiger partial charge >= 0.3 is 0 Å². The zero-order valence-electron chi connectivity index (χ0n) is 11.5. The van der Waals surface area contributed by atoms with Crippen LogP contribution in [-0.4, -0.2) is 0 Å². The molecule has 0 nitrogen and oxygen atoms in total. The fourth-order valence-electron chi connectivity index (χ4n) is 2.22. The molecule has 3 rings (SSSR count). The van der Waals surface area contributed by atoms with E-state index >= 15 is 0 Å². The van der Waals surface area contributed by atoms with Gasteiger partial charge in [-0.3, -0.25) is 0 Å². The summed E-state index contributed by atoms with van der Waals surface area (Å²) in [6.07, 6.45) is 0. The van der Waals surface area contributed by atoms with Crippen molar-refractivity contribution in [2.75, 3.05) is 0 Å². The summed E-state index contributed by atoms with van der Waals surface area (Å²) in [6, 6.07) is 29.6. The SMILES string of the molecule is C=C.c1ccc(-c2ccccc2-c2ccccc2)cc1. The van der Waals surface area contributed by atoms with Crippen molar-refractivity contribution in [2.24, 2.45) is 0 Å². The Bertz CT molecular complexity index is 581. The molecule has 0 N–H and O–H groups in total. The molecule has 0 amide bonds. The zero-order chi connectivity index (χ0) is 14.2. The Balaban J connectivity index is 0.000000704. The summed E-state index contributed by atoms with van der Waals surface area (Å²) in [5.41, 5.74) is 5.09. The van der Waals surface area contributed by atoms with Crippen LogP contribution in [0, 0.1) is 0 Å². The third-order valence-electron chi connectivity index (χ3n) is 3.10. The van der Waals surface area contributed by atoms with Gasteiger partial charge in [0.2, 0.25) is 0 Å². The monoisotopic (exact) mass is 258 g/mol. The van der Waals surface area contributed by atoms with Crippen LogP contribution in [0.3, 0.4) is 0 Å². The van der Waals surface area contributed by atoms with Gasteiger partial charge in [0, 0.05) is 0 Å². The molecule has 0 heteroatoms. The lowest BCUT2D eigenvalue weighted by atomic mass is 9.95. The van der Waals surface area contributed by atoms with E-state index in [1.165, 1.54) is 22.3 Å². The van der Waals surface area contributed by atoms with Gasteiger partial charge in [0.25, 0.3) is 0 Å². The van der Waals surface area contributed by atoms with Crippen LogP contribution in [0.5, 0.6) is 0 Å². The molecular formula is C20H18. The minimum absolute atomic E-state index is 1.26. The van der Waals surface area contributed by atoms with Crippen molar-refractivity contribution in [3.8, 4) is 22.3 Å². The highest BCUT2D eigenvalue weighted by Gasteiger charge is 2.05. The number of benzene rings is 3. The van der Waals surface area contributed by atoms with Crippen molar-refractivity contribution in [3.63, 3.8) is 0 Å². The van der Waals surface area contributed by atoms with E-state index in [4.69, 9.17) is 0 Å².